The Hall–Kier alpha value is -5.61. The van der Waals surface area contributed by atoms with E-state index in [0.29, 0.717) is 29.4 Å². The summed E-state index contributed by atoms with van der Waals surface area (Å²) in [6.45, 7) is 4.05. The third kappa shape index (κ3) is 6.89. The van der Waals surface area contributed by atoms with E-state index < -0.39 is 18.2 Å². The molecule has 0 radical (unpaired) electrons. The number of hydrogen-bond donors (Lipinski definition) is 4. The minimum Gasteiger partial charge on any atom is -0.487 e. The smallest absolute Gasteiger partial charge is 0.323 e. The summed E-state index contributed by atoms with van der Waals surface area (Å²) in [5.74, 6) is -0.181. The van der Waals surface area contributed by atoms with Gasteiger partial charge in [-0.3, -0.25) is 4.79 Å². The summed E-state index contributed by atoms with van der Waals surface area (Å²) in [7, 11) is 1.71. The monoisotopic (exact) mass is 645 g/mol. The van der Waals surface area contributed by atoms with Crippen LogP contribution in [0.2, 0.25) is 0 Å². The van der Waals surface area contributed by atoms with E-state index in [1.807, 2.05) is 91.9 Å². The van der Waals surface area contributed by atoms with Gasteiger partial charge in [0.05, 0.1) is 36.1 Å². The fourth-order valence-corrected chi connectivity index (χ4v) is 6.04. The molecular weight excluding hydrogens is 606 g/mol. The Balaban J connectivity index is 1.22. The van der Waals surface area contributed by atoms with Crippen LogP contribution in [0, 0.1) is 5.92 Å². The van der Waals surface area contributed by atoms with E-state index in [0.717, 1.165) is 21.5 Å². The molecule has 48 heavy (non-hydrogen) atoms. The summed E-state index contributed by atoms with van der Waals surface area (Å²) in [6.07, 6.45) is -0.484. The Labute approximate surface area is 279 Å². The number of likely N-dealkylation sites (N-methyl/N-ethyl adjacent to an activating group) is 1. The lowest BCUT2D eigenvalue weighted by atomic mass is 9.99. The molecule has 1 heterocycles. The van der Waals surface area contributed by atoms with Crippen molar-refractivity contribution in [1.29, 1.82) is 0 Å². The van der Waals surface area contributed by atoms with Crippen LogP contribution in [0.15, 0.2) is 103 Å². The van der Waals surface area contributed by atoms with E-state index in [9.17, 15) is 19.5 Å². The van der Waals surface area contributed by atoms with Crippen LogP contribution in [0.3, 0.4) is 0 Å². The fraction of sp³-hybridized carbons (Fsp3) is 0.237. The third-order valence-electron chi connectivity index (χ3n) is 8.79. The van der Waals surface area contributed by atoms with Crippen LogP contribution in [0.1, 0.15) is 24.2 Å². The first kappa shape index (κ1) is 32.3. The molecular formula is C38H39N5O5. The second-order valence-corrected chi connectivity index (χ2v) is 12.3. The molecule has 3 atom stereocenters. The number of carbonyl (C=O) groups is 3. The number of amides is 5. The minimum atomic E-state index is -0.484. The van der Waals surface area contributed by atoms with Crippen LogP contribution in [-0.2, 0) is 0 Å². The topological polar surface area (TPSA) is 123 Å². The van der Waals surface area contributed by atoms with Crippen LogP contribution >= 0.6 is 0 Å². The predicted molar refractivity (Wildman–Crippen MR) is 190 cm³/mol. The first-order valence-corrected chi connectivity index (χ1v) is 16.0. The molecule has 0 bridgehead atoms. The van der Waals surface area contributed by atoms with Crippen LogP contribution in [0.4, 0.5) is 26.7 Å². The molecule has 0 saturated carbocycles. The SMILES string of the molecule is C[C@H]1CN([C@@H](C)CO)C(=O)c2cc(NC(=O)Nc3cccc4ccccc34)ccc2O[C@@H]1CN(C)C(=O)Nc1cccc2ccccc12. The number of fused-ring (bicyclic) bond motifs is 3. The maximum atomic E-state index is 13.9. The second kappa shape index (κ2) is 14.0. The lowest BCUT2D eigenvalue weighted by Gasteiger charge is -2.38. The number of rotatable bonds is 7. The van der Waals surface area contributed by atoms with Crippen LogP contribution in [-0.4, -0.2) is 71.8 Å². The highest BCUT2D eigenvalue weighted by atomic mass is 16.5. The summed E-state index contributed by atoms with van der Waals surface area (Å²) >= 11 is 0. The standard InChI is InChI=1S/C38H39N5O5/c1-24-21-43(25(2)23-44)36(45)31-20-28(39-37(46)40-32-16-8-12-26-10-4-6-14-29(26)32)18-19-34(31)48-35(24)22-42(3)38(47)41-33-17-9-13-27-11-5-7-15-30(27)33/h4-20,24-25,35,44H,21-23H2,1-3H3,(H,41,47)(H2,39,40,46)/t24-,25-,35+/m0/s1. The molecule has 5 amide bonds. The normalized spacial score (nSPS) is 16.7. The average molecular weight is 646 g/mol. The number of urea groups is 2. The number of aliphatic hydroxyl groups excluding tert-OH is 1. The lowest BCUT2D eigenvalue weighted by molar-refractivity contribution is 0.0371. The summed E-state index contributed by atoms with van der Waals surface area (Å²) < 4.78 is 6.47. The highest BCUT2D eigenvalue weighted by molar-refractivity contribution is 6.07. The lowest BCUT2D eigenvalue weighted by Crippen LogP contribution is -2.50. The van der Waals surface area contributed by atoms with Crippen molar-refractivity contribution in [1.82, 2.24) is 9.80 Å². The molecule has 1 aliphatic rings. The Bertz CT molecular complexity index is 1970. The van der Waals surface area contributed by atoms with Gasteiger partial charge in [-0.1, -0.05) is 79.7 Å². The number of aliphatic hydroxyl groups is 1. The van der Waals surface area contributed by atoms with Gasteiger partial charge in [-0.05, 0) is 48.0 Å². The predicted octanol–water partition coefficient (Wildman–Crippen LogP) is 7.02. The van der Waals surface area contributed by atoms with E-state index in [1.165, 1.54) is 0 Å². The molecule has 0 aromatic heterocycles. The highest BCUT2D eigenvalue weighted by Gasteiger charge is 2.34. The molecule has 0 fully saturated rings. The molecule has 10 heteroatoms. The molecule has 6 rings (SSSR count). The molecule has 0 aliphatic carbocycles. The molecule has 0 spiro atoms. The van der Waals surface area contributed by atoms with Crippen molar-refractivity contribution in [2.75, 3.05) is 42.7 Å². The molecule has 1 aliphatic heterocycles. The zero-order chi connectivity index (χ0) is 33.8. The summed E-state index contributed by atoms with van der Waals surface area (Å²) in [4.78, 5) is 43.5. The summed E-state index contributed by atoms with van der Waals surface area (Å²) in [6, 6.07) is 30.7. The number of benzene rings is 5. The van der Waals surface area contributed by atoms with Gasteiger partial charge >= 0.3 is 12.1 Å². The van der Waals surface area contributed by atoms with Gasteiger partial charge in [-0.25, -0.2) is 9.59 Å². The van der Waals surface area contributed by atoms with Gasteiger partial charge in [0, 0.05) is 36.0 Å². The van der Waals surface area contributed by atoms with E-state index in [4.69, 9.17) is 4.74 Å². The number of hydrogen-bond acceptors (Lipinski definition) is 5. The second-order valence-electron chi connectivity index (χ2n) is 12.3. The number of ether oxygens (including phenoxy) is 1. The number of anilines is 3. The zero-order valence-electron chi connectivity index (χ0n) is 27.1. The molecule has 4 N–H and O–H groups in total. The van der Waals surface area contributed by atoms with E-state index in [-0.39, 0.29) is 36.6 Å². The highest BCUT2D eigenvalue weighted by Crippen LogP contribution is 2.31. The molecule has 10 nitrogen and oxygen atoms in total. The number of nitrogens with one attached hydrogen (secondary N) is 3. The Morgan fingerprint density at radius 3 is 2.12 bits per heavy atom. The maximum absolute atomic E-state index is 13.9. The van der Waals surface area contributed by atoms with Gasteiger partial charge in [0.15, 0.2) is 0 Å². The summed E-state index contributed by atoms with van der Waals surface area (Å²) in [5.41, 5.74) is 2.01. The van der Waals surface area contributed by atoms with Gasteiger partial charge < -0.3 is 35.6 Å². The van der Waals surface area contributed by atoms with E-state index in [2.05, 4.69) is 16.0 Å². The number of carbonyl (C=O) groups excluding carboxylic acids is 3. The Morgan fingerprint density at radius 2 is 1.48 bits per heavy atom. The Morgan fingerprint density at radius 1 is 0.875 bits per heavy atom. The van der Waals surface area contributed by atoms with Gasteiger partial charge in [-0.15, -0.1) is 0 Å². The average Bonchev–Trinajstić information content (AvgIpc) is 3.10. The van der Waals surface area contributed by atoms with E-state index >= 15 is 0 Å². The van der Waals surface area contributed by atoms with Gasteiger partial charge in [0.1, 0.15) is 11.9 Å². The quantitative estimate of drug-likeness (QED) is 0.152. The number of nitrogens with zero attached hydrogens (tertiary/aromatic N) is 2. The van der Waals surface area contributed by atoms with Crippen molar-refractivity contribution in [3.8, 4) is 5.75 Å². The first-order chi connectivity index (χ1) is 23.2. The fourth-order valence-electron chi connectivity index (χ4n) is 6.04. The largest absolute Gasteiger partial charge is 0.487 e. The summed E-state index contributed by atoms with van der Waals surface area (Å²) in [5, 5.41) is 22.7. The van der Waals surface area contributed by atoms with Gasteiger partial charge in [0.2, 0.25) is 0 Å². The molecule has 0 unspecified atom stereocenters. The zero-order valence-corrected chi connectivity index (χ0v) is 27.1. The van der Waals surface area contributed by atoms with Crippen LogP contribution in [0.5, 0.6) is 5.75 Å². The van der Waals surface area contributed by atoms with Crippen molar-refractivity contribution < 1.29 is 24.2 Å². The van der Waals surface area contributed by atoms with Crippen LogP contribution < -0.4 is 20.7 Å². The van der Waals surface area contributed by atoms with Gasteiger partial charge in [0.25, 0.3) is 5.91 Å². The molecule has 5 aromatic rings. The maximum Gasteiger partial charge on any atom is 0.323 e. The van der Waals surface area contributed by atoms with E-state index in [1.54, 1.807) is 42.0 Å². The Kier molecular flexibility index (Phi) is 9.45. The molecule has 246 valence electrons. The van der Waals surface area contributed by atoms with Crippen molar-refractivity contribution in [2.24, 2.45) is 5.92 Å². The van der Waals surface area contributed by atoms with Crippen molar-refractivity contribution in [3.05, 3.63) is 109 Å². The van der Waals surface area contributed by atoms with Gasteiger partial charge in [-0.2, -0.15) is 0 Å². The van der Waals surface area contributed by atoms with Crippen molar-refractivity contribution in [3.63, 3.8) is 0 Å². The minimum absolute atomic E-state index is 0.187. The molecule has 0 saturated heterocycles. The molecule has 5 aromatic carbocycles. The van der Waals surface area contributed by atoms with Crippen molar-refractivity contribution in [2.45, 2.75) is 26.0 Å². The van der Waals surface area contributed by atoms with Crippen molar-refractivity contribution >= 4 is 56.6 Å². The first-order valence-electron chi connectivity index (χ1n) is 16.0. The third-order valence-corrected chi connectivity index (χ3v) is 8.79. The van der Waals surface area contributed by atoms with Crippen LogP contribution in [0.25, 0.3) is 21.5 Å².